The number of hydrogen-bond donors (Lipinski definition) is 1. The van der Waals surface area contributed by atoms with Crippen molar-refractivity contribution in [2.75, 3.05) is 18.4 Å². The van der Waals surface area contributed by atoms with Crippen molar-refractivity contribution in [1.29, 1.82) is 0 Å². The van der Waals surface area contributed by atoms with Crippen LogP contribution in [-0.4, -0.2) is 31.7 Å². The molecule has 0 aromatic heterocycles. The van der Waals surface area contributed by atoms with Gasteiger partial charge < -0.3 is 5.32 Å². The minimum absolute atomic E-state index is 0.00318. The maximum absolute atomic E-state index is 13.0. The van der Waals surface area contributed by atoms with Crippen LogP contribution in [0.15, 0.2) is 53.4 Å². The third-order valence-corrected chi connectivity index (χ3v) is 6.19. The normalized spacial score (nSPS) is 12.6. The summed E-state index contributed by atoms with van der Waals surface area (Å²) in [7, 11) is -3.74. The number of alkyl halides is 3. The van der Waals surface area contributed by atoms with Crippen LogP contribution in [-0.2, 0) is 16.2 Å². The smallest absolute Gasteiger partial charge is 0.322 e. The Kier molecular flexibility index (Phi) is 7.88. The van der Waals surface area contributed by atoms with E-state index >= 15 is 0 Å². The van der Waals surface area contributed by atoms with Crippen molar-refractivity contribution < 1.29 is 26.4 Å². The molecule has 1 amide bonds. The lowest BCUT2D eigenvalue weighted by Crippen LogP contribution is -2.37. The van der Waals surface area contributed by atoms with Crippen LogP contribution in [0.3, 0.4) is 0 Å². The van der Waals surface area contributed by atoms with Crippen LogP contribution in [0.2, 0.25) is 0 Å². The van der Waals surface area contributed by atoms with Crippen LogP contribution >= 0.6 is 0 Å². The fourth-order valence-electron chi connectivity index (χ4n) is 2.99. The van der Waals surface area contributed by atoms with Gasteiger partial charge in [0, 0.05) is 24.3 Å². The molecule has 0 bridgehead atoms. The van der Waals surface area contributed by atoms with Gasteiger partial charge in [-0.2, -0.15) is 17.5 Å². The predicted octanol–water partition coefficient (Wildman–Crippen LogP) is 5.26. The highest BCUT2D eigenvalue weighted by Crippen LogP contribution is 2.30. The van der Waals surface area contributed by atoms with E-state index in [9.17, 15) is 26.4 Å². The predicted molar refractivity (Wildman–Crippen MR) is 114 cm³/mol. The maximum atomic E-state index is 13.0. The molecule has 0 unspecified atom stereocenters. The van der Waals surface area contributed by atoms with E-state index in [1.54, 1.807) is 0 Å². The van der Waals surface area contributed by atoms with Crippen molar-refractivity contribution in [3.05, 3.63) is 59.7 Å². The molecule has 0 aliphatic rings. The highest BCUT2D eigenvalue weighted by molar-refractivity contribution is 7.89. The summed E-state index contributed by atoms with van der Waals surface area (Å²) in [6.45, 7) is 8.48. The van der Waals surface area contributed by atoms with Crippen LogP contribution in [0.1, 0.15) is 43.6 Å². The van der Waals surface area contributed by atoms with E-state index in [-0.39, 0.29) is 28.0 Å². The zero-order valence-corrected chi connectivity index (χ0v) is 18.7. The minimum atomic E-state index is -4.52. The number of sulfonamides is 1. The first-order valence-corrected chi connectivity index (χ1v) is 11.3. The minimum Gasteiger partial charge on any atom is -0.322 e. The van der Waals surface area contributed by atoms with Crippen molar-refractivity contribution in [3.63, 3.8) is 0 Å². The van der Waals surface area contributed by atoms with Crippen LogP contribution in [0.5, 0.6) is 0 Å². The Morgan fingerprint density at radius 2 is 1.52 bits per heavy atom. The summed E-state index contributed by atoms with van der Waals surface area (Å²) in [6, 6.07) is 9.67. The molecular formula is C22H27F3N2O3S. The molecule has 0 spiro atoms. The number of benzene rings is 2. The molecule has 2 aromatic rings. The standard InChI is InChI=1S/C22H27F3N2O3S/c1-15(2)13-27(14-16(3)4)31(29,30)20-10-8-17(9-11-20)21(28)26-19-7-5-6-18(12-19)22(23,24)25/h5-12,15-16H,13-14H2,1-4H3,(H,26,28). The van der Waals surface area contributed by atoms with Gasteiger partial charge in [-0.25, -0.2) is 8.42 Å². The molecule has 2 aromatic carbocycles. The van der Waals surface area contributed by atoms with Gasteiger partial charge in [-0.05, 0) is 54.3 Å². The van der Waals surface area contributed by atoms with E-state index in [0.29, 0.717) is 13.1 Å². The topological polar surface area (TPSA) is 66.5 Å². The number of nitrogens with zero attached hydrogens (tertiary/aromatic N) is 1. The Labute approximate surface area is 181 Å². The highest BCUT2D eigenvalue weighted by Gasteiger charge is 2.30. The lowest BCUT2D eigenvalue weighted by atomic mass is 10.1. The summed E-state index contributed by atoms with van der Waals surface area (Å²) >= 11 is 0. The molecule has 0 heterocycles. The molecule has 0 fully saturated rings. The van der Waals surface area contributed by atoms with Gasteiger partial charge in [0.15, 0.2) is 0 Å². The lowest BCUT2D eigenvalue weighted by molar-refractivity contribution is -0.137. The molecule has 2 rings (SSSR count). The summed E-state index contributed by atoms with van der Waals surface area (Å²) in [5.41, 5.74) is -0.741. The average molecular weight is 457 g/mol. The number of carbonyl (C=O) groups excluding carboxylic acids is 1. The molecule has 1 N–H and O–H groups in total. The van der Waals surface area contributed by atoms with Gasteiger partial charge in [-0.1, -0.05) is 33.8 Å². The van der Waals surface area contributed by atoms with Crippen LogP contribution in [0, 0.1) is 11.8 Å². The Hall–Kier alpha value is -2.39. The second kappa shape index (κ2) is 9.82. The number of anilines is 1. The molecule has 5 nitrogen and oxygen atoms in total. The summed E-state index contributed by atoms with van der Waals surface area (Å²) in [6.07, 6.45) is -4.52. The van der Waals surface area contributed by atoms with Crippen molar-refractivity contribution >= 4 is 21.6 Å². The quantitative estimate of drug-likeness (QED) is 0.589. The molecule has 0 aliphatic heterocycles. The number of halogens is 3. The van der Waals surface area contributed by atoms with Crippen LogP contribution in [0.25, 0.3) is 0 Å². The largest absolute Gasteiger partial charge is 0.416 e. The molecule has 0 atom stereocenters. The summed E-state index contributed by atoms with van der Waals surface area (Å²) in [5.74, 6) is -0.346. The second-order valence-corrected chi connectivity index (χ2v) is 10.1. The fraction of sp³-hybridized carbons (Fsp3) is 0.409. The first-order valence-electron chi connectivity index (χ1n) is 9.89. The van der Waals surface area contributed by atoms with E-state index in [1.807, 2.05) is 27.7 Å². The molecule has 0 radical (unpaired) electrons. The van der Waals surface area contributed by atoms with Gasteiger partial charge in [0.25, 0.3) is 5.91 Å². The first-order chi connectivity index (χ1) is 14.3. The molecular weight excluding hydrogens is 429 g/mol. The summed E-state index contributed by atoms with van der Waals surface area (Å²) < 4.78 is 66.0. The van der Waals surface area contributed by atoms with Gasteiger partial charge in [0.1, 0.15) is 0 Å². The SMILES string of the molecule is CC(C)CN(CC(C)C)S(=O)(=O)c1ccc(C(=O)Nc2cccc(C(F)(F)F)c2)cc1. The van der Waals surface area contributed by atoms with Gasteiger partial charge in [-0.15, -0.1) is 0 Å². The van der Waals surface area contributed by atoms with Crippen molar-refractivity contribution in [2.24, 2.45) is 11.8 Å². The van der Waals surface area contributed by atoms with Gasteiger partial charge >= 0.3 is 6.18 Å². The second-order valence-electron chi connectivity index (χ2n) is 8.17. The van der Waals surface area contributed by atoms with E-state index in [2.05, 4.69) is 5.32 Å². The third-order valence-electron chi connectivity index (χ3n) is 4.34. The molecule has 170 valence electrons. The van der Waals surface area contributed by atoms with Crippen LogP contribution < -0.4 is 5.32 Å². The van der Waals surface area contributed by atoms with Gasteiger partial charge in [0.2, 0.25) is 10.0 Å². The zero-order chi connectivity index (χ0) is 23.4. The summed E-state index contributed by atoms with van der Waals surface area (Å²) in [5, 5.41) is 2.41. The third kappa shape index (κ3) is 6.80. The summed E-state index contributed by atoms with van der Waals surface area (Å²) in [4.78, 5) is 12.5. The Balaban J connectivity index is 2.21. The molecule has 0 aliphatic carbocycles. The van der Waals surface area contributed by atoms with E-state index < -0.39 is 27.7 Å². The monoisotopic (exact) mass is 456 g/mol. The van der Waals surface area contributed by atoms with E-state index in [4.69, 9.17) is 0 Å². The Morgan fingerprint density at radius 1 is 0.968 bits per heavy atom. The van der Waals surface area contributed by atoms with E-state index in [1.165, 1.54) is 40.7 Å². The van der Waals surface area contributed by atoms with Gasteiger partial charge in [0.05, 0.1) is 10.5 Å². The Bertz CT molecular complexity index is 991. The average Bonchev–Trinajstić information content (AvgIpc) is 2.66. The fourth-order valence-corrected chi connectivity index (χ4v) is 4.76. The van der Waals surface area contributed by atoms with Gasteiger partial charge in [-0.3, -0.25) is 4.79 Å². The maximum Gasteiger partial charge on any atom is 0.416 e. The van der Waals surface area contributed by atoms with Crippen molar-refractivity contribution in [3.8, 4) is 0 Å². The number of hydrogen-bond acceptors (Lipinski definition) is 3. The number of nitrogens with one attached hydrogen (secondary N) is 1. The molecule has 0 saturated heterocycles. The van der Waals surface area contributed by atoms with E-state index in [0.717, 1.165) is 12.1 Å². The molecule has 9 heteroatoms. The number of rotatable bonds is 8. The Morgan fingerprint density at radius 3 is 2.00 bits per heavy atom. The van der Waals surface area contributed by atoms with Crippen molar-refractivity contribution in [1.82, 2.24) is 4.31 Å². The number of amides is 1. The van der Waals surface area contributed by atoms with Crippen molar-refractivity contribution in [2.45, 2.75) is 38.8 Å². The molecule has 31 heavy (non-hydrogen) atoms. The zero-order valence-electron chi connectivity index (χ0n) is 17.9. The number of carbonyl (C=O) groups is 1. The van der Waals surface area contributed by atoms with Crippen LogP contribution in [0.4, 0.5) is 18.9 Å². The lowest BCUT2D eigenvalue weighted by Gasteiger charge is -2.25. The first kappa shape index (κ1) is 24.9. The molecule has 0 saturated carbocycles. The highest BCUT2D eigenvalue weighted by atomic mass is 32.2.